The van der Waals surface area contributed by atoms with Crippen LogP contribution in [-0.2, 0) is 0 Å². The van der Waals surface area contributed by atoms with Crippen LogP contribution in [0.4, 0.5) is 0 Å². The number of quaternary nitrogens is 1. The average Bonchev–Trinajstić information content (AvgIpc) is 2.39. The number of hydrogen-bond donors (Lipinski definition) is 3. The lowest BCUT2D eigenvalue weighted by atomic mass is 10.1. The van der Waals surface area contributed by atoms with Crippen molar-refractivity contribution in [2.24, 2.45) is 16.5 Å². The van der Waals surface area contributed by atoms with Crippen LogP contribution in [0.25, 0.3) is 0 Å². The highest BCUT2D eigenvalue weighted by molar-refractivity contribution is 5.75. The van der Waals surface area contributed by atoms with E-state index in [4.69, 9.17) is 11.5 Å². The smallest absolute Gasteiger partial charge is 0.185 e. The maximum Gasteiger partial charge on any atom is 0.185 e. The van der Waals surface area contributed by atoms with E-state index in [2.05, 4.69) is 17.2 Å². The maximum atomic E-state index is 5.29. The first kappa shape index (κ1) is 16.2. The van der Waals surface area contributed by atoms with Crippen molar-refractivity contribution >= 4 is 5.96 Å². The van der Waals surface area contributed by atoms with Crippen LogP contribution in [0.3, 0.4) is 0 Å². The van der Waals surface area contributed by atoms with Gasteiger partial charge >= 0.3 is 0 Å². The highest BCUT2D eigenvalue weighted by atomic mass is 15.4. The van der Waals surface area contributed by atoms with Crippen molar-refractivity contribution in [1.82, 2.24) is 5.32 Å². The Labute approximate surface area is 118 Å². The molecule has 5 nitrogen and oxygen atoms in total. The third-order valence-corrected chi connectivity index (χ3v) is 4.03. The lowest BCUT2D eigenvalue weighted by Gasteiger charge is -2.41. The summed E-state index contributed by atoms with van der Waals surface area (Å²) in [6.45, 7) is 10.5. The number of rotatable bonds is 9. The van der Waals surface area contributed by atoms with Gasteiger partial charge in [-0.2, -0.15) is 0 Å². The molecule has 1 aliphatic rings. The minimum atomic E-state index is 0.195. The molecule has 0 unspecified atom stereocenters. The SMILES string of the molecule is CCC[N+]1(CCNCCCN=C(N)N)CCCCC1. The number of nitrogens with two attached hydrogens (primary N) is 2. The largest absolute Gasteiger partial charge is 0.370 e. The number of nitrogens with zero attached hydrogens (tertiary/aromatic N) is 2. The van der Waals surface area contributed by atoms with Crippen LogP contribution < -0.4 is 16.8 Å². The van der Waals surface area contributed by atoms with Crippen LogP contribution in [-0.4, -0.2) is 56.3 Å². The Morgan fingerprint density at radius 1 is 1.11 bits per heavy atom. The monoisotopic (exact) mass is 270 g/mol. The van der Waals surface area contributed by atoms with Gasteiger partial charge in [-0.05, 0) is 38.6 Å². The van der Waals surface area contributed by atoms with Crippen molar-refractivity contribution < 1.29 is 4.48 Å². The van der Waals surface area contributed by atoms with Gasteiger partial charge in [-0.15, -0.1) is 0 Å². The molecular weight excluding hydrogens is 238 g/mol. The second kappa shape index (κ2) is 9.15. The van der Waals surface area contributed by atoms with Crippen molar-refractivity contribution in [3.8, 4) is 0 Å². The van der Waals surface area contributed by atoms with Gasteiger partial charge in [0.2, 0.25) is 0 Å². The lowest BCUT2D eigenvalue weighted by Crippen LogP contribution is -2.54. The molecule has 1 aliphatic heterocycles. The van der Waals surface area contributed by atoms with E-state index in [1.54, 1.807) is 0 Å². The highest BCUT2D eigenvalue weighted by Crippen LogP contribution is 2.18. The van der Waals surface area contributed by atoms with Gasteiger partial charge in [-0.25, -0.2) is 0 Å². The minimum absolute atomic E-state index is 0.195. The van der Waals surface area contributed by atoms with Crippen LogP contribution in [0.5, 0.6) is 0 Å². The third-order valence-electron chi connectivity index (χ3n) is 4.03. The van der Waals surface area contributed by atoms with E-state index in [-0.39, 0.29) is 5.96 Å². The molecule has 5 N–H and O–H groups in total. The van der Waals surface area contributed by atoms with Crippen molar-refractivity contribution in [1.29, 1.82) is 0 Å². The summed E-state index contributed by atoms with van der Waals surface area (Å²) in [6, 6.07) is 0. The predicted octanol–water partition coefficient (Wildman–Crippen LogP) is 0.650. The molecule has 19 heavy (non-hydrogen) atoms. The zero-order valence-corrected chi connectivity index (χ0v) is 12.5. The molecule has 0 radical (unpaired) electrons. The average molecular weight is 270 g/mol. The molecule has 0 bridgehead atoms. The van der Waals surface area contributed by atoms with E-state index in [0.717, 1.165) is 26.1 Å². The minimum Gasteiger partial charge on any atom is -0.370 e. The molecule has 0 aromatic heterocycles. The molecule has 1 rings (SSSR count). The van der Waals surface area contributed by atoms with Crippen LogP contribution in [0.1, 0.15) is 39.0 Å². The van der Waals surface area contributed by atoms with Crippen molar-refractivity contribution in [3.63, 3.8) is 0 Å². The molecule has 0 spiro atoms. The van der Waals surface area contributed by atoms with Crippen molar-refractivity contribution in [2.45, 2.75) is 39.0 Å². The van der Waals surface area contributed by atoms with Gasteiger partial charge < -0.3 is 21.3 Å². The van der Waals surface area contributed by atoms with Gasteiger partial charge in [0.25, 0.3) is 0 Å². The summed E-state index contributed by atoms with van der Waals surface area (Å²) in [6.07, 6.45) is 6.54. The molecule has 0 saturated carbocycles. The molecular formula is C14H32N5+. The van der Waals surface area contributed by atoms with Gasteiger partial charge in [0.15, 0.2) is 5.96 Å². The van der Waals surface area contributed by atoms with E-state index in [1.165, 1.54) is 56.3 Å². The Balaban J connectivity index is 2.13. The lowest BCUT2D eigenvalue weighted by molar-refractivity contribution is -0.931. The molecule has 0 aromatic carbocycles. The van der Waals surface area contributed by atoms with E-state index in [9.17, 15) is 0 Å². The number of guanidine groups is 1. The Bertz CT molecular complexity index is 249. The van der Waals surface area contributed by atoms with E-state index in [1.807, 2.05) is 0 Å². The second-order valence-corrected chi connectivity index (χ2v) is 5.71. The fourth-order valence-corrected chi connectivity index (χ4v) is 3.07. The quantitative estimate of drug-likeness (QED) is 0.249. The summed E-state index contributed by atoms with van der Waals surface area (Å²) >= 11 is 0. The molecule has 0 amide bonds. The summed E-state index contributed by atoms with van der Waals surface area (Å²) in [5.74, 6) is 0.195. The summed E-state index contributed by atoms with van der Waals surface area (Å²) in [5.41, 5.74) is 10.6. The van der Waals surface area contributed by atoms with E-state index >= 15 is 0 Å². The van der Waals surface area contributed by atoms with E-state index in [0.29, 0.717) is 0 Å². The Hall–Kier alpha value is -0.810. The van der Waals surface area contributed by atoms with Gasteiger partial charge in [-0.1, -0.05) is 6.92 Å². The number of hydrogen-bond acceptors (Lipinski definition) is 2. The topological polar surface area (TPSA) is 76.4 Å². The summed E-state index contributed by atoms with van der Waals surface area (Å²) in [4.78, 5) is 3.98. The Morgan fingerprint density at radius 2 is 1.84 bits per heavy atom. The summed E-state index contributed by atoms with van der Waals surface area (Å²) in [5, 5.41) is 3.52. The maximum absolute atomic E-state index is 5.29. The third kappa shape index (κ3) is 6.78. The summed E-state index contributed by atoms with van der Waals surface area (Å²) in [7, 11) is 0. The molecule has 5 heteroatoms. The molecule has 0 atom stereocenters. The van der Waals surface area contributed by atoms with Gasteiger partial charge in [0, 0.05) is 13.1 Å². The Morgan fingerprint density at radius 3 is 2.47 bits per heavy atom. The van der Waals surface area contributed by atoms with E-state index < -0.39 is 0 Å². The summed E-state index contributed by atoms with van der Waals surface area (Å²) < 4.78 is 1.33. The van der Waals surface area contributed by atoms with Gasteiger partial charge in [-0.3, -0.25) is 4.99 Å². The van der Waals surface area contributed by atoms with Crippen molar-refractivity contribution in [3.05, 3.63) is 0 Å². The zero-order valence-electron chi connectivity index (χ0n) is 12.5. The molecule has 1 fully saturated rings. The first-order chi connectivity index (χ1) is 9.18. The standard InChI is InChI=1S/C14H32N5/c1-2-10-19(11-4-3-5-12-19)13-9-17-7-6-8-18-14(15)16/h17H,2-13H2,1H3,(H4,15,16,18)/q+1. The number of piperidine rings is 1. The number of likely N-dealkylation sites (tertiary alicyclic amines) is 1. The Kier molecular flexibility index (Phi) is 7.82. The number of aliphatic imine (C=N–C) groups is 1. The molecule has 0 aromatic rings. The fraction of sp³-hybridized carbons (Fsp3) is 0.929. The normalized spacial score (nSPS) is 18.2. The molecule has 1 heterocycles. The number of nitrogens with one attached hydrogen (secondary N) is 1. The first-order valence-corrected chi connectivity index (χ1v) is 7.80. The first-order valence-electron chi connectivity index (χ1n) is 7.80. The van der Waals surface area contributed by atoms with Crippen LogP contribution in [0.15, 0.2) is 4.99 Å². The van der Waals surface area contributed by atoms with Crippen LogP contribution >= 0.6 is 0 Å². The molecule has 0 aliphatic carbocycles. The molecule has 112 valence electrons. The predicted molar refractivity (Wildman–Crippen MR) is 82.0 cm³/mol. The van der Waals surface area contributed by atoms with Crippen LogP contribution in [0, 0.1) is 0 Å². The fourth-order valence-electron chi connectivity index (χ4n) is 3.07. The molecule has 1 saturated heterocycles. The van der Waals surface area contributed by atoms with Crippen molar-refractivity contribution in [2.75, 3.05) is 45.8 Å². The second-order valence-electron chi connectivity index (χ2n) is 5.71. The zero-order chi connectivity index (χ0) is 14.0. The van der Waals surface area contributed by atoms with Gasteiger partial charge in [0.05, 0.1) is 26.2 Å². The van der Waals surface area contributed by atoms with Gasteiger partial charge in [0.1, 0.15) is 0 Å². The van der Waals surface area contributed by atoms with Crippen LogP contribution in [0.2, 0.25) is 0 Å². The highest BCUT2D eigenvalue weighted by Gasteiger charge is 2.27.